The Morgan fingerprint density at radius 3 is 2.50 bits per heavy atom. The van der Waals surface area contributed by atoms with Crippen molar-refractivity contribution in [3.8, 4) is 0 Å². The monoisotopic (exact) mass is 448 g/mol. The van der Waals surface area contributed by atoms with Crippen molar-refractivity contribution in [1.82, 2.24) is 14.9 Å². The molecule has 0 radical (unpaired) electrons. The van der Waals surface area contributed by atoms with Crippen molar-refractivity contribution in [2.45, 2.75) is 44.0 Å². The number of nitrogens with zero attached hydrogens (tertiary/aromatic N) is 2. The summed E-state index contributed by atoms with van der Waals surface area (Å²) in [5, 5.41) is 6.88. The van der Waals surface area contributed by atoms with E-state index in [-0.39, 0.29) is 6.04 Å². The topological polar surface area (TPSA) is 73.8 Å². The summed E-state index contributed by atoms with van der Waals surface area (Å²) in [6.45, 7) is 6.20. The molecule has 0 bridgehead atoms. The molecule has 3 rings (SSSR count). The van der Waals surface area contributed by atoms with E-state index >= 15 is 0 Å². The fraction of sp³-hybridized carbons (Fsp3) is 0.500. The van der Waals surface area contributed by atoms with Crippen molar-refractivity contribution in [1.29, 1.82) is 0 Å². The van der Waals surface area contributed by atoms with Gasteiger partial charge in [-0.15, -0.1) is 11.3 Å². The molecule has 0 saturated carbocycles. The van der Waals surface area contributed by atoms with Crippen LogP contribution in [-0.2, 0) is 16.4 Å². The Labute approximate surface area is 184 Å². The Balaban J connectivity index is 1.44. The smallest absolute Gasteiger partial charge is 0.243 e. The first-order valence-corrected chi connectivity index (χ1v) is 12.7. The molecule has 1 unspecified atom stereocenters. The number of aryl methyl sites for hydroxylation is 1. The molecule has 1 aliphatic rings. The summed E-state index contributed by atoms with van der Waals surface area (Å²) in [5.41, 5.74) is 0. The number of rotatable bonds is 7. The van der Waals surface area contributed by atoms with Crippen LogP contribution in [0.1, 0.15) is 29.5 Å². The van der Waals surface area contributed by atoms with E-state index in [1.807, 2.05) is 17.4 Å². The molecule has 0 spiro atoms. The zero-order valence-electron chi connectivity index (χ0n) is 18.0. The second-order valence-corrected chi connectivity index (χ2v) is 11.2. The van der Waals surface area contributed by atoms with Crippen LogP contribution in [0, 0.1) is 12.8 Å². The quantitative estimate of drug-likeness (QED) is 0.504. The number of benzene rings is 1. The summed E-state index contributed by atoms with van der Waals surface area (Å²) in [4.78, 5) is 7.42. The third-order valence-electron chi connectivity index (χ3n) is 5.42. The lowest BCUT2D eigenvalue weighted by Gasteiger charge is -2.31. The predicted molar refractivity (Wildman–Crippen MR) is 125 cm³/mol. The molecule has 0 amide bonds. The Kier molecular flexibility index (Phi) is 7.91. The lowest BCUT2D eigenvalue weighted by atomic mass is 9.98. The zero-order valence-corrected chi connectivity index (χ0v) is 19.6. The number of piperidine rings is 1. The molecule has 1 fully saturated rings. The van der Waals surface area contributed by atoms with Gasteiger partial charge in [0.2, 0.25) is 10.0 Å². The van der Waals surface area contributed by atoms with Crippen LogP contribution in [-0.4, -0.2) is 51.4 Å². The maximum atomic E-state index is 12.8. The van der Waals surface area contributed by atoms with Crippen molar-refractivity contribution in [3.63, 3.8) is 0 Å². The maximum absolute atomic E-state index is 12.8. The highest BCUT2D eigenvalue weighted by Crippen LogP contribution is 2.23. The molecule has 2 N–H and O–H groups in total. The normalized spacial score (nSPS) is 17.6. The van der Waals surface area contributed by atoms with Gasteiger partial charge in [-0.1, -0.05) is 18.2 Å². The lowest BCUT2D eigenvalue weighted by Crippen LogP contribution is -2.46. The van der Waals surface area contributed by atoms with Crippen LogP contribution in [0.4, 0.5) is 0 Å². The summed E-state index contributed by atoms with van der Waals surface area (Å²) >= 11 is 1.83. The van der Waals surface area contributed by atoms with Gasteiger partial charge in [0.1, 0.15) is 0 Å². The van der Waals surface area contributed by atoms with E-state index in [2.05, 4.69) is 41.6 Å². The second-order valence-electron chi connectivity index (χ2n) is 7.88. The molecule has 1 aromatic heterocycles. The van der Waals surface area contributed by atoms with E-state index in [1.165, 1.54) is 9.75 Å². The SMILES string of the molecule is CN=C(NCC1CCN(S(=O)(=O)c2ccccc2)CC1)NC(C)Cc1ccc(C)s1. The predicted octanol–water partition coefficient (Wildman–Crippen LogP) is 3.25. The van der Waals surface area contributed by atoms with E-state index in [1.54, 1.807) is 35.6 Å². The number of guanidine groups is 1. The molecular weight excluding hydrogens is 416 g/mol. The van der Waals surface area contributed by atoms with Crippen molar-refractivity contribution in [3.05, 3.63) is 52.2 Å². The van der Waals surface area contributed by atoms with E-state index in [0.717, 1.165) is 31.8 Å². The maximum Gasteiger partial charge on any atom is 0.243 e. The van der Waals surface area contributed by atoms with E-state index < -0.39 is 10.0 Å². The van der Waals surface area contributed by atoms with Gasteiger partial charge in [-0.25, -0.2) is 8.42 Å². The van der Waals surface area contributed by atoms with Crippen LogP contribution in [0.15, 0.2) is 52.4 Å². The number of hydrogen-bond acceptors (Lipinski definition) is 4. The number of aliphatic imine (C=N–C) groups is 1. The molecule has 1 saturated heterocycles. The Morgan fingerprint density at radius 2 is 1.90 bits per heavy atom. The molecule has 164 valence electrons. The summed E-state index contributed by atoms with van der Waals surface area (Å²) in [6, 6.07) is 13.3. The average Bonchev–Trinajstić information content (AvgIpc) is 3.16. The van der Waals surface area contributed by atoms with Crippen LogP contribution in [0.25, 0.3) is 0 Å². The fourth-order valence-electron chi connectivity index (χ4n) is 3.71. The molecule has 8 heteroatoms. The van der Waals surface area contributed by atoms with Gasteiger partial charge in [-0.3, -0.25) is 4.99 Å². The molecule has 0 aliphatic carbocycles. The van der Waals surface area contributed by atoms with Gasteiger partial charge in [0.15, 0.2) is 5.96 Å². The van der Waals surface area contributed by atoms with Crippen LogP contribution < -0.4 is 10.6 Å². The minimum Gasteiger partial charge on any atom is -0.356 e. The molecule has 2 aromatic rings. The fourth-order valence-corrected chi connectivity index (χ4v) is 6.22. The zero-order chi connectivity index (χ0) is 21.6. The first kappa shape index (κ1) is 22.8. The summed E-state index contributed by atoms with van der Waals surface area (Å²) in [7, 11) is -1.60. The first-order chi connectivity index (χ1) is 14.4. The number of nitrogens with one attached hydrogen (secondary N) is 2. The highest BCUT2D eigenvalue weighted by Gasteiger charge is 2.29. The standard InChI is InChI=1S/C22H32N4O2S2/c1-17(15-20-10-9-18(2)29-20)25-22(23-3)24-16-19-11-13-26(14-12-19)30(27,28)21-7-5-4-6-8-21/h4-10,17,19H,11-16H2,1-3H3,(H2,23,24,25). The van der Waals surface area contributed by atoms with Crippen molar-refractivity contribution >= 4 is 27.3 Å². The second kappa shape index (κ2) is 10.4. The van der Waals surface area contributed by atoms with Gasteiger partial charge in [0.25, 0.3) is 0 Å². The molecule has 1 aliphatic heterocycles. The van der Waals surface area contributed by atoms with Crippen LogP contribution in [0.5, 0.6) is 0 Å². The molecule has 2 heterocycles. The van der Waals surface area contributed by atoms with Crippen molar-refractivity contribution in [2.24, 2.45) is 10.9 Å². The van der Waals surface area contributed by atoms with Gasteiger partial charge < -0.3 is 10.6 Å². The molecular formula is C22H32N4O2S2. The Bertz CT molecular complexity index is 933. The molecule has 6 nitrogen and oxygen atoms in total. The third-order valence-corrected chi connectivity index (χ3v) is 8.36. The van der Waals surface area contributed by atoms with Crippen molar-refractivity contribution < 1.29 is 8.42 Å². The average molecular weight is 449 g/mol. The van der Waals surface area contributed by atoms with Crippen molar-refractivity contribution in [2.75, 3.05) is 26.7 Å². The van der Waals surface area contributed by atoms with Gasteiger partial charge in [-0.2, -0.15) is 4.31 Å². The number of hydrogen-bond donors (Lipinski definition) is 2. The van der Waals surface area contributed by atoms with E-state index in [0.29, 0.717) is 23.9 Å². The summed E-state index contributed by atoms with van der Waals surface area (Å²) < 4.78 is 27.1. The molecule has 1 aromatic carbocycles. The minimum atomic E-state index is -3.39. The molecule has 30 heavy (non-hydrogen) atoms. The van der Waals surface area contributed by atoms with Crippen LogP contribution in [0.3, 0.4) is 0 Å². The summed E-state index contributed by atoms with van der Waals surface area (Å²) in [6.07, 6.45) is 2.66. The van der Waals surface area contributed by atoms with Gasteiger partial charge in [-0.05, 0) is 56.9 Å². The largest absolute Gasteiger partial charge is 0.356 e. The van der Waals surface area contributed by atoms with Crippen LogP contribution in [0.2, 0.25) is 0 Å². The van der Waals surface area contributed by atoms with E-state index in [4.69, 9.17) is 0 Å². The number of sulfonamides is 1. The van der Waals surface area contributed by atoms with E-state index in [9.17, 15) is 8.42 Å². The lowest BCUT2D eigenvalue weighted by molar-refractivity contribution is 0.273. The molecule has 1 atom stereocenters. The summed E-state index contributed by atoms with van der Waals surface area (Å²) in [5.74, 6) is 1.23. The first-order valence-electron chi connectivity index (χ1n) is 10.5. The number of thiophene rings is 1. The Morgan fingerprint density at radius 1 is 1.20 bits per heavy atom. The Hall–Kier alpha value is -1.90. The van der Waals surface area contributed by atoms with Gasteiger partial charge in [0, 0.05) is 48.9 Å². The van der Waals surface area contributed by atoms with Gasteiger partial charge in [0.05, 0.1) is 4.90 Å². The van der Waals surface area contributed by atoms with Gasteiger partial charge >= 0.3 is 0 Å². The highest BCUT2D eigenvalue weighted by molar-refractivity contribution is 7.89. The van der Waals surface area contributed by atoms with Crippen LogP contribution >= 0.6 is 11.3 Å². The third kappa shape index (κ3) is 6.06. The highest BCUT2D eigenvalue weighted by atomic mass is 32.2. The minimum absolute atomic E-state index is 0.284.